The standard InChI is InChI=1S/C20H22N6O4/c1-11(27)22-20(2,3)16-10-26(24-23-16)13-4-5-14-12(8-13)9-25(19(14)30)15-6-7-17(28)21-18(15)29/h4-5,8,10,15H,6-7,9H2,1-3H3,(H,22,27)(H,21,28,29). The van der Waals surface area contributed by atoms with Gasteiger partial charge in [0, 0.05) is 25.5 Å². The van der Waals surface area contributed by atoms with Gasteiger partial charge in [-0.25, -0.2) is 4.68 Å². The van der Waals surface area contributed by atoms with Gasteiger partial charge in [0.05, 0.1) is 17.4 Å². The maximum atomic E-state index is 12.8. The lowest BCUT2D eigenvalue weighted by molar-refractivity contribution is -0.137. The summed E-state index contributed by atoms with van der Waals surface area (Å²) >= 11 is 0. The first-order chi connectivity index (χ1) is 14.2. The van der Waals surface area contributed by atoms with Crippen LogP contribution in [0, 0.1) is 0 Å². The van der Waals surface area contributed by atoms with Crippen LogP contribution in [0.4, 0.5) is 0 Å². The van der Waals surface area contributed by atoms with Crippen molar-refractivity contribution in [2.45, 2.75) is 51.7 Å². The van der Waals surface area contributed by atoms with Gasteiger partial charge in [0.2, 0.25) is 17.7 Å². The fourth-order valence-corrected chi connectivity index (χ4v) is 3.88. The van der Waals surface area contributed by atoms with Crippen molar-refractivity contribution in [1.82, 2.24) is 30.5 Å². The Morgan fingerprint density at radius 1 is 1.27 bits per heavy atom. The van der Waals surface area contributed by atoms with Crippen molar-refractivity contribution in [2.75, 3.05) is 0 Å². The van der Waals surface area contributed by atoms with Crippen LogP contribution in [0.2, 0.25) is 0 Å². The molecule has 1 unspecified atom stereocenters. The number of hydrogen-bond donors (Lipinski definition) is 2. The Balaban J connectivity index is 1.57. The van der Waals surface area contributed by atoms with E-state index < -0.39 is 17.5 Å². The van der Waals surface area contributed by atoms with E-state index >= 15 is 0 Å². The summed E-state index contributed by atoms with van der Waals surface area (Å²) in [4.78, 5) is 49.3. The summed E-state index contributed by atoms with van der Waals surface area (Å²) in [6.07, 6.45) is 2.27. The van der Waals surface area contributed by atoms with Gasteiger partial charge in [0.25, 0.3) is 5.91 Å². The van der Waals surface area contributed by atoms with Crippen LogP contribution < -0.4 is 10.6 Å². The molecule has 156 valence electrons. The highest BCUT2D eigenvalue weighted by Gasteiger charge is 2.39. The van der Waals surface area contributed by atoms with Crippen LogP contribution in [0.5, 0.6) is 0 Å². The van der Waals surface area contributed by atoms with Crippen LogP contribution in [0.15, 0.2) is 24.4 Å². The zero-order valence-corrected chi connectivity index (χ0v) is 16.9. The molecule has 2 aliphatic rings. The van der Waals surface area contributed by atoms with E-state index in [1.165, 1.54) is 11.8 Å². The first kappa shape index (κ1) is 19.7. The van der Waals surface area contributed by atoms with E-state index in [0.29, 0.717) is 23.4 Å². The average Bonchev–Trinajstić information content (AvgIpc) is 3.27. The Labute approximate surface area is 172 Å². The van der Waals surface area contributed by atoms with Gasteiger partial charge in [-0.15, -0.1) is 5.10 Å². The molecule has 1 saturated heterocycles. The number of aromatic nitrogens is 3. The van der Waals surface area contributed by atoms with Crippen LogP contribution in [0.3, 0.4) is 0 Å². The predicted molar refractivity (Wildman–Crippen MR) is 104 cm³/mol. The molecule has 2 N–H and O–H groups in total. The van der Waals surface area contributed by atoms with Crippen molar-refractivity contribution in [3.8, 4) is 5.69 Å². The van der Waals surface area contributed by atoms with E-state index in [9.17, 15) is 19.2 Å². The molecule has 0 bridgehead atoms. The number of nitrogens with one attached hydrogen (secondary N) is 2. The van der Waals surface area contributed by atoms with E-state index in [4.69, 9.17) is 0 Å². The number of amides is 4. The SMILES string of the molecule is CC(=O)NC(C)(C)c1cn(-c2ccc3c(c2)CN(C2CCC(=O)NC2=O)C3=O)nn1. The number of piperidine rings is 1. The third-order valence-corrected chi connectivity index (χ3v) is 5.39. The van der Waals surface area contributed by atoms with E-state index in [1.807, 2.05) is 19.9 Å². The molecule has 10 nitrogen and oxygen atoms in total. The summed E-state index contributed by atoms with van der Waals surface area (Å²) in [6.45, 7) is 5.40. The molecule has 4 rings (SSSR count). The van der Waals surface area contributed by atoms with E-state index in [1.54, 1.807) is 23.0 Å². The Bertz CT molecular complexity index is 1070. The molecule has 30 heavy (non-hydrogen) atoms. The molecule has 10 heteroatoms. The number of nitrogens with zero attached hydrogens (tertiary/aromatic N) is 4. The Morgan fingerprint density at radius 3 is 2.73 bits per heavy atom. The van der Waals surface area contributed by atoms with Gasteiger partial charge in [-0.05, 0) is 44.0 Å². The highest BCUT2D eigenvalue weighted by molar-refractivity contribution is 6.05. The van der Waals surface area contributed by atoms with Crippen LogP contribution in [-0.4, -0.2) is 49.6 Å². The maximum absolute atomic E-state index is 12.8. The highest BCUT2D eigenvalue weighted by atomic mass is 16.2. The van der Waals surface area contributed by atoms with Crippen molar-refractivity contribution in [3.05, 3.63) is 41.2 Å². The molecular formula is C20H22N6O4. The van der Waals surface area contributed by atoms with Gasteiger partial charge >= 0.3 is 0 Å². The van der Waals surface area contributed by atoms with Gasteiger partial charge in [-0.1, -0.05) is 5.21 Å². The number of hydrogen-bond acceptors (Lipinski definition) is 6. The van der Waals surface area contributed by atoms with Gasteiger partial charge in [-0.3, -0.25) is 24.5 Å². The predicted octanol–water partition coefficient (Wildman–Crippen LogP) is 0.400. The summed E-state index contributed by atoms with van der Waals surface area (Å²) in [5, 5.41) is 13.4. The second kappa shape index (κ2) is 7.05. The molecule has 4 amide bonds. The van der Waals surface area contributed by atoms with Crippen LogP contribution in [0.25, 0.3) is 5.69 Å². The normalized spacial score (nSPS) is 19.0. The minimum atomic E-state index is -0.681. The second-order valence-corrected chi connectivity index (χ2v) is 8.10. The lowest BCUT2D eigenvalue weighted by Crippen LogP contribution is -2.52. The van der Waals surface area contributed by atoms with Crippen molar-refractivity contribution in [3.63, 3.8) is 0 Å². The van der Waals surface area contributed by atoms with E-state index in [-0.39, 0.29) is 30.7 Å². The average molecular weight is 410 g/mol. The number of imide groups is 1. The number of rotatable bonds is 4. The fourth-order valence-electron chi connectivity index (χ4n) is 3.88. The zero-order valence-electron chi connectivity index (χ0n) is 16.9. The number of benzene rings is 1. The summed E-state index contributed by atoms with van der Waals surface area (Å²) in [6, 6.07) is 4.65. The van der Waals surface area contributed by atoms with E-state index in [2.05, 4.69) is 20.9 Å². The molecule has 0 aliphatic carbocycles. The van der Waals surface area contributed by atoms with Crippen LogP contribution >= 0.6 is 0 Å². The van der Waals surface area contributed by atoms with Gasteiger partial charge in [-0.2, -0.15) is 0 Å². The number of fused-ring (bicyclic) bond motifs is 1. The Hall–Kier alpha value is -3.56. The van der Waals surface area contributed by atoms with Crippen molar-refractivity contribution in [1.29, 1.82) is 0 Å². The quantitative estimate of drug-likeness (QED) is 0.703. The highest BCUT2D eigenvalue weighted by Crippen LogP contribution is 2.29. The molecule has 1 atom stereocenters. The molecule has 1 aromatic carbocycles. The molecule has 2 aromatic rings. The second-order valence-electron chi connectivity index (χ2n) is 8.10. The summed E-state index contributed by atoms with van der Waals surface area (Å²) in [5.74, 6) is -1.14. The molecule has 0 radical (unpaired) electrons. The number of carbonyl (C=O) groups is 4. The molecule has 1 aromatic heterocycles. The Morgan fingerprint density at radius 2 is 2.03 bits per heavy atom. The monoisotopic (exact) mass is 410 g/mol. The number of carbonyl (C=O) groups excluding carboxylic acids is 4. The molecular weight excluding hydrogens is 388 g/mol. The Kier molecular flexibility index (Phi) is 4.64. The zero-order chi connectivity index (χ0) is 21.6. The van der Waals surface area contributed by atoms with Crippen molar-refractivity contribution in [2.24, 2.45) is 0 Å². The largest absolute Gasteiger partial charge is 0.346 e. The molecule has 0 spiro atoms. The van der Waals surface area contributed by atoms with Gasteiger partial charge in [0.15, 0.2) is 0 Å². The minimum Gasteiger partial charge on any atom is -0.346 e. The molecule has 3 heterocycles. The third kappa shape index (κ3) is 3.44. The van der Waals surface area contributed by atoms with Crippen LogP contribution in [-0.2, 0) is 26.5 Å². The summed E-state index contributed by atoms with van der Waals surface area (Å²) in [7, 11) is 0. The lowest BCUT2D eigenvalue weighted by atomic mass is 10.0. The first-order valence-corrected chi connectivity index (χ1v) is 9.65. The fraction of sp³-hybridized carbons (Fsp3) is 0.400. The van der Waals surface area contributed by atoms with Crippen molar-refractivity contribution >= 4 is 23.6 Å². The van der Waals surface area contributed by atoms with Crippen molar-refractivity contribution < 1.29 is 19.2 Å². The summed E-state index contributed by atoms with van der Waals surface area (Å²) in [5.41, 5.74) is 1.94. The smallest absolute Gasteiger partial charge is 0.255 e. The van der Waals surface area contributed by atoms with E-state index in [0.717, 1.165) is 5.56 Å². The molecule has 0 saturated carbocycles. The molecule has 1 fully saturated rings. The maximum Gasteiger partial charge on any atom is 0.255 e. The summed E-state index contributed by atoms with van der Waals surface area (Å²) < 4.78 is 1.58. The van der Waals surface area contributed by atoms with Gasteiger partial charge < -0.3 is 10.2 Å². The topological polar surface area (TPSA) is 126 Å². The van der Waals surface area contributed by atoms with Gasteiger partial charge in [0.1, 0.15) is 11.7 Å². The minimum absolute atomic E-state index is 0.167. The lowest BCUT2D eigenvalue weighted by Gasteiger charge is -2.29. The first-order valence-electron chi connectivity index (χ1n) is 9.65. The van der Waals surface area contributed by atoms with Crippen LogP contribution in [0.1, 0.15) is 55.2 Å². The molecule has 2 aliphatic heterocycles. The third-order valence-electron chi connectivity index (χ3n) is 5.39.